The normalized spacial score (nSPS) is 19.6. The molecular weight excluding hydrogens is 246 g/mol. The zero-order chi connectivity index (χ0) is 14.6. The Balaban J connectivity index is 1.96. The molecular formula is C17H29N3. The first kappa shape index (κ1) is 15.3. The summed E-state index contributed by atoms with van der Waals surface area (Å²) in [6.07, 6.45) is 3.96. The SMILES string of the molecule is CCCC1CCN(c2cccc(CNC(C)(C)C)n2)C1. The summed E-state index contributed by atoms with van der Waals surface area (Å²) in [5.74, 6) is 2.01. The Hall–Kier alpha value is -1.09. The Morgan fingerprint density at radius 3 is 2.85 bits per heavy atom. The molecule has 2 heterocycles. The lowest BCUT2D eigenvalue weighted by Crippen LogP contribution is -2.35. The molecule has 1 aromatic heterocycles. The summed E-state index contributed by atoms with van der Waals surface area (Å²) in [5.41, 5.74) is 1.27. The van der Waals surface area contributed by atoms with E-state index in [1.165, 1.54) is 25.8 Å². The molecule has 0 amide bonds. The molecule has 3 heteroatoms. The number of rotatable bonds is 5. The van der Waals surface area contributed by atoms with Crippen molar-refractivity contribution < 1.29 is 0 Å². The number of hydrogen-bond donors (Lipinski definition) is 1. The van der Waals surface area contributed by atoms with Gasteiger partial charge in [-0.1, -0.05) is 19.4 Å². The third-order valence-electron chi connectivity index (χ3n) is 3.90. The van der Waals surface area contributed by atoms with Gasteiger partial charge in [0.1, 0.15) is 5.82 Å². The van der Waals surface area contributed by atoms with E-state index >= 15 is 0 Å². The number of aromatic nitrogens is 1. The fraction of sp³-hybridized carbons (Fsp3) is 0.706. The second-order valence-corrected chi connectivity index (χ2v) is 6.98. The van der Waals surface area contributed by atoms with E-state index in [1.807, 2.05) is 0 Å². The minimum absolute atomic E-state index is 0.136. The second-order valence-electron chi connectivity index (χ2n) is 6.98. The van der Waals surface area contributed by atoms with Gasteiger partial charge in [-0.2, -0.15) is 0 Å². The Kier molecular flexibility index (Phi) is 5.03. The van der Waals surface area contributed by atoms with Gasteiger partial charge in [0.15, 0.2) is 0 Å². The lowest BCUT2D eigenvalue weighted by atomic mass is 10.0. The molecule has 1 aromatic rings. The molecule has 112 valence electrons. The molecule has 0 aliphatic carbocycles. The maximum absolute atomic E-state index is 4.82. The van der Waals surface area contributed by atoms with Crippen LogP contribution in [-0.4, -0.2) is 23.6 Å². The van der Waals surface area contributed by atoms with Crippen molar-refractivity contribution in [2.24, 2.45) is 5.92 Å². The first-order chi connectivity index (χ1) is 9.48. The molecule has 1 N–H and O–H groups in total. The van der Waals surface area contributed by atoms with E-state index in [9.17, 15) is 0 Å². The highest BCUT2D eigenvalue weighted by atomic mass is 15.2. The lowest BCUT2D eigenvalue weighted by molar-refractivity contribution is 0.421. The summed E-state index contributed by atoms with van der Waals surface area (Å²) in [7, 11) is 0. The number of nitrogens with one attached hydrogen (secondary N) is 1. The van der Waals surface area contributed by atoms with Crippen molar-refractivity contribution in [2.75, 3.05) is 18.0 Å². The standard InChI is InChI=1S/C17H29N3/c1-5-7-14-10-11-20(13-14)16-9-6-8-15(19-16)12-18-17(2,3)4/h6,8-9,14,18H,5,7,10-13H2,1-4H3. The largest absolute Gasteiger partial charge is 0.356 e. The molecule has 3 nitrogen and oxygen atoms in total. The molecule has 0 radical (unpaired) electrons. The predicted octanol–water partition coefficient (Wildman–Crippen LogP) is 3.60. The fourth-order valence-corrected chi connectivity index (χ4v) is 2.78. The van der Waals surface area contributed by atoms with Crippen LogP contribution in [0.2, 0.25) is 0 Å². The molecule has 0 spiro atoms. The van der Waals surface area contributed by atoms with Crippen LogP contribution >= 0.6 is 0 Å². The van der Waals surface area contributed by atoms with Gasteiger partial charge in [-0.3, -0.25) is 0 Å². The summed E-state index contributed by atoms with van der Waals surface area (Å²) >= 11 is 0. The van der Waals surface area contributed by atoms with Crippen molar-refractivity contribution in [2.45, 2.75) is 59.0 Å². The van der Waals surface area contributed by atoms with Crippen molar-refractivity contribution in [3.63, 3.8) is 0 Å². The lowest BCUT2D eigenvalue weighted by Gasteiger charge is -2.21. The molecule has 1 saturated heterocycles. The minimum atomic E-state index is 0.136. The molecule has 1 unspecified atom stereocenters. The van der Waals surface area contributed by atoms with Crippen molar-refractivity contribution in [1.82, 2.24) is 10.3 Å². The van der Waals surface area contributed by atoms with E-state index in [0.717, 1.165) is 30.5 Å². The molecule has 20 heavy (non-hydrogen) atoms. The van der Waals surface area contributed by atoms with E-state index in [4.69, 9.17) is 4.98 Å². The Bertz CT molecular complexity index is 422. The zero-order valence-electron chi connectivity index (χ0n) is 13.4. The quantitative estimate of drug-likeness (QED) is 0.890. The Morgan fingerprint density at radius 1 is 1.35 bits per heavy atom. The summed E-state index contributed by atoms with van der Waals surface area (Å²) < 4.78 is 0. The minimum Gasteiger partial charge on any atom is -0.356 e. The molecule has 0 saturated carbocycles. The van der Waals surface area contributed by atoms with Crippen LogP contribution in [0.1, 0.15) is 52.7 Å². The van der Waals surface area contributed by atoms with Crippen LogP contribution in [0.3, 0.4) is 0 Å². The maximum atomic E-state index is 4.82. The van der Waals surface area contributed by atoms with Gasteiger partial charge in [-0.05, 0) is 51.7 Å². The number of anilines is 1. The van der Waals surface area contributed by atoms with Crippen LogP contribution in [0.25, 0.3) is 0 Å². The van der Waals surface area contributed by atoms with E-state index < -0.39 is 0 Å². The predicted molar refractivity (Wildman–Crippen MR) is 86.1 cm³/mol. The third-order valence-corrected chi connectivity index (χ3v) is 3.90. The number of hydrogen-bond acceptors (Lipinski definition) is 3. The number of pyridine rings is 1. The first-order valence-corrected chi connectivity index (χ1v) is 7.94. The van der Waals surface area contributed by atoms with Crippen LogP contribution in [0.5, 0.6) is 0 Å². The van der Waals surface area contributed by atoms with Crippen LogP contribution < -0.4 is 10.2 Å². The smallest absolute Gasteiger partial charge is 0.128 e. The molecule has 1 aliphatic rings. The topological polar surface area (TPSA) is 28.2 Å². The van der Waals surface area contributed by atoms with Crippen molar-refractivity contribution >= 4 is 5.82 Å². The summed E-state index contributed by atoms with van der Waals surface area (Å²) in [6, 6.07) is 6.39. The van der Waals surface area contributed by atoms with Gasteiger partial charge in [0, 0.05) is 25.2 Å². The van der Waals surface area contributed by atoms with Gasteiger partial charge < -0.3 is 10.2 Å². The van der Waals surface area contributed by atoms with Crippen molar-refractivity contribution in [3.05, 3.63) is 23.9 Å². The van der Waals surface area contributed by atoms with Gasteiger partial charge in [0.2, 0.25) is 0 Å². The van der Waals surface area contributed by atoms with Gasteiger partial charge in [0.25, 0.3) is 0 Å². The van der Waals surface area contributed by atoms with Crippen LogP contribution in [-0.2, 0) is 6.54 Å². The monoisotopic (exact) mass is 275 g/mol. The average Bonchev–Trinajstić information content (AvgIpc) is 2.85. The highest BCUT2D eigenvalue weighted by molar-refractivity contribution is 5.40. The van der Waals surface area contributed by atoms with Crippen LogP contribution in [0, 0.1) is 5.92 Å². The van der Waals surface area contributed by atoms with Gasteiger partial charge >= 0.3 is 0 Å². The average molecular weight is 275 g/mol. The van der Waals surface area contributed by atoms with E-state index in [1.54, 1.807) is 0 Å². The first-order valence-electron chi connectivity index (χ1n) is 7.94. The molecule has 2 rings (SSSR count). The van der Waals surface area contributed by atoms with Crippen molar-refractivity contribution in [1.29, 1.82) is 0 Å². The maximum Gasteiger partial charge on any atom is 0.128 e. The molecule has 0 bridgehead atoms. The summed E-state index contributed by atoms with van der Waals surface area (Å²) in [5, 5.41) is 3.50. The van der Waals surface area contributed by atoms with E-state index in [-0.39, 0.29) is 5.54 Å². The molecule has 1 fully saturated rings. The summed E-state index contributed by atoms with van der Waals surface area (Å²) in [4.78, 5) is 7.26. The van der Waals surface area contributed by atoms with Crippen LogP contribution in [0.4, 0.5) is 5.82 Å². The van der Waals surface area contributed by atoms with Crippen LogP contribution in [0.15, 0.2) is 18.2 Å². The molecule has 1 aliphatic heterocycles. The van der Waals surface area contributed by atoms with E-state index in [0.29, 0.717) is 0 Å². The Morgan fingerprint density at radius 2 is 2.15 bits per heavy atom. The van der Waals surface area contributed by atoms with Gasteiger partial charge in [-0.25, -0.2) is 4.98 Å². The molecule has 0 aromatic carbocycles. The molecule has 1 atom stereocenters. The summed E-state index contributed by atoms with van der Waals surface area (Å²) in [6.45, 7) is 12.0. The highest BCUT2D eigenvalue weighted by Gasteiger charge is 2.22. The third kappa shape index (κ3) is 4.48. The Labute approximate surface area is 123 Å². The van der Waals surface area contributed by atoms with E-state index in [2.05, 4.69) is 56.1 Å². The van der Waals surface area contributed by atoms with Gasteiger partial charge in [-0.15, -0.1) is 0 Å². The highest BCUT2D eigenvalue weighted by Crippen LogP contribution is 2.25. The fourth-order valence-electron chi connectivity index (χ4n) is 2.78. The van der Waals surface area contributed by atoms with Gasteiger partial charge in [0.05, 0.1) is 5.69 Å². The second kappa shape index (κ2) is 6.57. The zero-order valence-corrected chi connectivity index (χ0v) is 13.4. The van der Waals surface area contributed by atoms with Crippen molar-refractivity contribution in [3.8, 4) is 0 Å². The number of nitrogens with zero attached hydrogens (tertiary/aromatic N) is 2.